The number of rotatable bonds is 1. The quantitative estimate of drug-likeness (QED) is 0.655. The molecule has 1 fully saturated rings. The molecule has 1 unspecified atom stereocenters. The number of carbonyl (C=O) groups is 1. The summed E-state index contributed by atoms with van der Waals surface area (Å²) in [4.78, 5) is 11.2. The lowest BCUT2D eigenvalue weighted by Gasteiger charge is -2.18. The van der Waals surface area contributed by atoms with Crippen molar-refractivity contribution in [2.45, 2.75) is 31.6 Å². The van der Waals surface area contributed by atoms with Gasteiger partial charge >= 0.3 is 0 Å². The Hall–Kier alpha value is -1.12. The summed E-state index contributed by atoms with van der Waals surface area (Å²) in [5.74, 6) is 0.768. The van der Waals surface area contributed by atoms with Crippen molar-refractivity contribution >= 4 is 5.78 Å². The van der Waals surface area contributed by atoms with Crippen molar-refractivity contribution in [3.05, 3.63) is 18.0 Å². The van der Waals surface area contributed by atoms with E-state index >= 15 is 0 Å². The standard InChI is InChI=1S/C10H14N2O/c1-12-6-5-10(11-12)8-3-2-4-9(13)7-8/h5-6,8H,2-4,7H2,1H3. The van der Waals surface area contributed by atoms with Crippen LogP contribution in [0.25, 0.3) is 0 Å². The van der Waals surface area contributed by atoms with Crippen molar-refractivity contribution in [2.75, 3.05) is 0 Å². The third-order valence-corrected chi connectivity index (χ3v) is 2.63. The van der Waals surface area contributed by atoms with Crippen molar-refractivity contribution in [1.29, 1.82) is 0 Å². The number of hydrogen-bond donors (Lipinski definition) is 0. The van der Waals surface area contributed by atoms with E-state index in [1.807, 2.05) is 19.3 Å². The fourth-order valence-electron chi connectivity index (χ4n) is 1.93. The van der Waals surface area contributed by atoms with Crippen LogP contribution in [0.15, 0.2) is 12.3 Å². The molecule has 3 heteroatoms. The second kappa shape index (κ2) is 3.32. The highest BCUT2D eigenvalue weighted by Gasteiger charge is 2.22. The lowest BCUT2D eigenvalue weighted by molar-refractivity contribution is -0.120. The van der Waals surface area contributed by atoms with Gasteiger partial charge in [0, 0.05) is 32.0 Å². The van der Waals surface area contributed by atoms with Gasteiger partial charge in [0.15, 0.2) is 0 Å². The van der Waals surface area contributed by atoms with Crippen LogP contribution in [0.2, 0.25) is 0 Å². The minimum atomic E-state index is 0.377. The largest absolute Gasteiger partial charge is 0.300 e. The molecule has 0 aliphatic heterocycles. The van der Waals surface area contributed by atoms with E-state index in [9.17, 15) is 4.79 Å². The fraction of sp³-hybridized carbons (Fsp3) is 0.600. The molecule has 1 aliphatic carbocycles. The number of nitrogens with zero attached hydrogens (tertiary/aromatic N) is 2. The molecular weight excluding hydrogens is 164 g/mol. The summed E-state index contributed by atoms with van der Waals surface area (Å²) < 4.78 is 1.80. The molecule has 2 rings (SSSR count). The van der Waals surface area contributed by atoms with Crippen LogP contribution in [0, 0.1) is 0 Å². The molecule has 1 saturated carbocycles. The molecule has 13 heavy (non-hydrogen) atoms. The maximum atomic E-state index is 11.2. The Morgan fingerprint density at radius 2 is 2.46 bits per heavy atom. The summed E-state index contributed by atoms with van der Waals surface area (Å²) in [6.07, 6.45) is 5.54. The van der Waals surface area contributed by atoms with E-state index in [0.29, 0.717) is 18.1 Å². The number of hydrogen-bond acceptors (Lipinski definition) is 2. The first-order valence-corrected chi connectivity index (χ1v) is 4.77. The predicted octanol–water partition coefficient (Wildman–Crippen LogP) is 1.65. The maximum absolute atomic E-state index is 11.2. The molecule has 1 heterocycles. The zero-order valence-electron chi connectivity index (χ0n) is 7.86. The molecule has 3 nitrogen and oxygen atoms in total. The average molecular weight is 178 g/mol. The van der Waals surface area contributed by atoms with Crippen LogP contribution in [0.4, 0.5) is 0 Å². The molecule has 70 valence electrons. The second-order valence-electron chi connectivity index (χ2n) is 3.75. The number of aromatic nitrogens is 2. The van der Waals surface area contributed by atoms with Gasteiger partial charge in [-0.1, -0.05) is 0 Å². The number of ketones is 1. The first kappa shape index (κ1) is 8.48. The number of Topliss-reactive ketones (excluding diaryl/α,β-unsaturated/α-hetero) is 1. The van der Waals surface area contributed by atoms with Crippen LogP contribution in [-0.2, 0) is 11.8 Å². The minimum absolute atomic E-state index is 0.377. The van der Waals surface area contributed by atoms with Gasteiger partial charge in [0.05, 0.1) is 5.69 Å². The topological polar surface area (TPSA) is 34.9 Å². The molecular formula is C10H14N2O. The fourth-order valence-corrected chi connectivity index (χ4v) is 1.93. The van der Waals surface area contributed by atoms with Crippen LogP contribution in [0.1, 0.15) is 37.3 Å². The van der Waals surface area contributed by atoms with Crippen LogP contribution in [0.5, 0.6) is 0 Å². The Morgan fingerprint density at radius 1 is 1.62 bits per heavy atom. The van der Waals surface area contributed by atoms with E-state index in [0.717, 1.165) is 25.0 Å². The first-order chi connectivity index (χ1) is 6.25. The van der Waals surface area contributed by atoms with Crippen molar-refractivity contribution in [3.63, 3.8) is 0 Å². The summed E-state index contributed by atoms with van der Waals surface area (Å²) in [6, 6.07) is 2.02. The zero-order chi connectivity index (χ0) is 9.26. The highest BCUT2D eigenvalue weighted by Crippen LogP contribution is 2.29. The lowest BCUT2D eigenvalue weighted by atomic mass is 9.86. The summed E-state index contributed by atoms with van der Waals surface area (Å²) in [6.45, 7) is 0. The van der Waals surface area contributed by atoms with E-state index in [4.69, 9.17) is 0 Å². The lowest BCUT2D eigenvalue weighted by Crippen LogP contribution is -2.13. The molecule has 0 bridgehead atoms. The average Bonchev–Trinajstić information content (AvgIpc) is 2.52. The summed E-state index contributed by atoms with van der Waals surface area (Å²) >= 11 is 0. The van der Waals surface area contributed by atoms with Gasteiger partial charge in [-0.15, -0.1) is 0 Å². The van der Waals surface area contributed by atoms with Gasteiger partial charge < -0.3 is 0 Å². The molecule has 0 radical (unpaired) electrons. The van der Waals surface area contributed by atoms with Gasteiger partial charge in [-0.2, -0.15) is 5.10 Å². The molecule has 1 aromatic rings. The van der Waals surface area contributed by atoms with Crippen molar-refractivity contribution in [3.8, 4) is 0 Å². The Bertz CT molecular complexity index is 316. The summed E-state index contributed by atoms with van der Waals surface area (Å²) in [7, 11) is 1.91. The van der Waals surface area contributed by atoms with Gasteiger partial charge in [0.1, 0.15) is 5.78 Å². The van der Waals surface area contributed by atoms with Crippen molar-refractivity contribution in [1.82, 2.24) is 9.78 Å². The molecule has 1 aliphatic rings. The van der Waals surface area contributed by atoms with Crippen molar-refractivity contribution < 1.29 is 4.79 Å². The Balaban J connectivity index is 2.12. The predicted molar refractivity (Wildman–Crippen MR) is 49.4 cm³/mol. The van der Waals surface area contributed by atoms with E-state index in [1.54, 1.807) is 4.68 Å². The highest BCUT2D eigenvalue weighted by atomic mass is 16.1. The van der Waals surface area contributed by atoms with Gasteiger partial charge in [0.25, 0.3) is 0 Å². The molecule has 0 spiro atoms. The third-order valence-electron chi connectivity index (χ3n) is 2.63. The monoisotopic (exact) mass is 178 g/mol. The van der Waals surface area contributed by atoms with E-state index in [1.165, 1.54) is 0 Å². The Kier molecular flexibility index (Phi) is 2.17. The van der Waals surface area contributed by atoms with E-state index in [2.05, 4.69) is 5.10 Å². The van der Waals surface area contributed by atoms with E-state index in [-0.39, 0.29) is 0 Å². The minimum Gasteiger partial charge on any atom is -0.300 e. The smallest absolute Gasteiger partial charge is 0.133 e. The van der Waals surface area contributed by atoms with Gasteiger partial charge in [0.2, 0.25) is 0 Å². The molecule has 0 N–H and O–H groups in total. The molecule has 1 atom stereocenters. The van der Waals surface area contributed by atoms with E-state index < -0.39 is 0 Å². The number of carbonyl (C=O) groups excluding carboxylic acids is 1. The van der Waals surface area contributed by atoms with Gasteiger partial charge in [-0.3, -0.25) is 9.48 Å². The summed E-state index contributed by atoms with van der Waals surface area (Å²) in [5, 5.41) is 4.33. The van der Waals surface area contributed by atoms with Gasteiger partial charge in [-0.05, 0) is 18.9 Å². The Morgan fingerprint density at radius 3 is 3.08 bits per heavy atom. The number of aryl methyl sites for hydroxylation is 1. The molecule has 0 aromatic carbocycles. The van der Waals surface area contributed by atoms with Crippen LogP contribution in [0.3, 0.4) is 0 Å². The second-order valence-corrected chi connectivity index (χ2v) is 3.75. The molecule has 1 aromatic heterocycles. The highest BCUT2D eigenvalue weighted by molar-refractivity contribution is 5.79. The SMILES string of the molecule is Cn1ccc(C2CCCC(=O)C2)n1. The third kappa shape index (κ3) is 1.79. The first-order valence-electron chi connectivity index (χ1n) is 4.77. The Labute approximate surface area is 77.7 Å². The molecule has 0 amide bonds. The van der Waals surface area contributed by atoms with Gasteiger partial charge in [-0.25, -0.2) is 0 Å². The summed E-state index contributed by atoms with van der Waals surface area (Å²) in [5.41, 5.74) is 1.08. The normalized spacial score (nSPS) is 23.5. The van der Waals surface area contributed by atoms with Crippen LogP contribution in [-0.4, -0.2) is 15.6 Å². The van der Waals surface area contributed by atoms with Crippen LogP contribution >= 0.6 is 0 Å². The molecule has 0 saturated heterocycles. The zero-order valence-corrected chi connectivity index (χ0v) is 7.86. The maximum Gasteiger partial charge on any atom is 0.133 e. The van der Waals surface area contributed by atoms with Crippen molar-refractivity contribution in [2.24, 2.45) is 7.05 Å². The van der Waals surface area contributed by atoms with Crippen LogP contribution < -0.4 is 0 Å².